The molecule has 0 saturated heterocycles. The molecule has 0 aliphatic rings. The standard InChI is InChI=1S/C14H18O4/c1-11(15)17-9-14(10-18-12(2)16)8-13-6-4-3-5-7-13/h3-7,14H,8-10H2,1-2H3. The van der Waals surface area contributed by atoms with Crippen molar-refractivity contribution < 1.29 is 19.1 Å². The molecular weight excluding hydrogens is 232 g/mol. The van der Waals surface area contributed by atoms with Crippen molar-refractivity contribution in [1.82, 2.24) is 0 Å². The number of benzene rings is 1. The molecule has 4 heteroatoms. The van der Waals surface area contributed by atoms with Crippen LogP contribution in [0.5, 0.6) is 0 Å². The van der Waals surface area contributed by atoms with Crippen LogP contribution in [0.2, 0.25) is 0 Å². The summed E-state index contributed by atoms with van der Waals surface area (Å²) in [7, 11) is 0. The van der Waals surface area contributed by atoms with Gasteiger partial charge in [0, 0.05) is 19.8 Å². The lowest BCUT2D eigenvalue weighted by Gasteiger charge is -2.16. The van der Waals surface area contributed by atoms with Crippen LogP contribution in [0, 0.1) is 5.92 Å². The van der Waals surface area contributed by atoms with Gasteiger partial charge in [-0.3, -0.25) is 9.59 Å². The average Bonchev–Trinajstić information content (AvgIpc) is 2.33. The molecule has 0 bridgehead atoms. The van der Waals surface area contributed by atoms with Crippen molar-refractivity contribution >= 4 is 11.9 Å². The minimum Gasteiger partial charge on any atom is -0.465 e. The van der Waals surface area contributed by atoms with E-state index in [9.17, 15) is 9.59 Å². The van der Waals surface area contributed by atoms with E-state index in [-0.39, 0.29) is 31.1 Å². The van der Waals surface area contributed by atoms with Crippen molar-refractivity contribution in [3.63, 3.8) is 0 Å². The predicted octanol–water partition coefficient (Wildman–Crippen LogP) is 1.97. The Morgan fingerprint density at radius 1 is 1.00 bits per heavy atom. The van der Waals surface area contributed by atoms with Crippen molar-refractivity contribution in [2.24, 2.45) is 5.92 Å². The fourth-order valence-corrected chi connectivity index (χ4v) is 1.58. The van der Waals surface area contributed by atoms with Crippen molar-refractivity contribution in [1.29, 1.82) is 0 Å². The summed E-state index contributed by atoms with van der Waals surface area (Å²) in [4.78, 5) is 21.6. The highest BCUT2D eigenvalue weighted by molar-refractivity contribution is 5.66. The van der Waals surface area contributed by atoms with E-state index >= 15 is 0 Å². The third-order valence-corrected chi connectivity index (χ3v) is 2.41. The van der Waals surface area contributed by atoms with Gasteiger partial charge in [-0.2, -0.15) is 0 Å². The number of carbonyl (C=O) groups is 2. The lowest BCUT2D eigenvalue weighted by molar-refractivity contribution is -0.146. The highest BCUT2D eigenvalue weighted by atomic mass is 16.5. The number of carbonyl (C=O) groups excluding carboxylic acids is 2. The zero-order valence-corrected chi connectivity index (χ0v) is 10.7. The molecule has 0 amide bonds. The Bertz CT molecular complexity index is 368. The fraction of sp³-hybridized carbons (Fsp3) is 0.429. The summed E-state index contributed by atoms with van der Waals surface area (Å²) < 4.78 is 9.96. The average molecular weight is 250 g/mol. The summed E-state index contributed by atoms with van der Waals surface area (Å²) in [5, 5.41) is 0. The van der Waals surface area contributed by atoms with Gasteiger partial charge in [0.25, 0.3) is 0 Å². The van der Waals surface area contributed by atoms with Crippen LogP contribution >= 0.6 is 0 Å². The van der Waals surface area contributed by atoms with Gasteiger partial charge in [0.05, 0.1) is 13.2 Å². The van der Waals surface area contributed by atoms with Crippen LogP contribution in [-0.4, -0.2) is 25.2 Å². The first-order chi connectivity index (χ1) is 8.58. The molecule has 0 aromatic heterocycles. The van der Waals surface area contributed by atoms with Gasteiger partial charge >= 0.3 is 11.9 Å². The first-order valence-corrected chi connectivity index (χ1v) is 5.88. The minimum absolute atomic E-state index is 0.0137. The van der Waals surface area contributed by atoms with Crippen LogP contribution in [-0.2, 0) is 25.5 Å². The van der Waals surface area contributed by atoms with Crippen LogP contribution in [0.4, 0.5) is 0 Å². The molecule has 1 aromatic carbocycles. The second kappa shape index (κ2) is 7.48. The van der Waals surface area contributed by atoms with E-state index in [2.05, 4.69) is 0 Å². The van der Waals surface area contributed by atoms with E-state index in [1.165, 1.54) is 13.8 Å². The third kappa shape index (κ3) is 6.03. The summed E-state index contributed by atoms with van der Waals surface area (Å²) in [6, 6.07) is 9.83. The highest BCUT2D eigenvalue weighted by Gasteiger charge is 2.13. The molecule has 0 radical (unpaired) electrons. The van der Waals surface area contributed by atoms with Gasteiger partial charge in [-0.25, -0.2) is 0 Å². The van der Waals surface area contributed by atoms with E-state index in [1.54, 1.807) is 0 Å². The lowest BCUT2D eigenvalue weighted by atomic mass is 10.0. The Hall–Kier alpha value is -1.84. The van der Waals surface area contributed by atoms with Gasteiger partial charge in [-0.05, 0) is 12.0 Å². The zero-order valence-electron chi connectivity index (χ0n) is 10.7. The van der Waals surface area contributed by atoms with Crippen molar-refractivity contribution in [2.75, 3.05) is 13.2 Å². The molecular formula is C14H18O4. The Labute approximate surface area is 107 Å². The summed E-state index contributed by atoms with van der Waals surface area (Å²) in [6.45, 7) is 3.26. The summed E-state index contributed by atoms with van der Waals surface area (Å²) >= 11 is 0. The van der Waals surface area contributed by atoms with Crippen LogP contribution in [0.3, 0.4) is 0 Å². The smallest absolute Gasteiger partial charge is 0.302 e. The maximum Gasteiger partial charge on any atom is 0.302 e. The first-order valence-electron chi connectivity index (χ1n) is 5.88. The second-order valence-electron chi connectivity index (χ2n) is 4.16. The molecule has 0 saturated carbocycles. The lowest BCUT2D eigenvalue weighted by Crippen LogP contribution is -2.21. The molecule has 0 N–H and O–H groups in total. The molecule has 0 atom stereocenters. The summed E-state index contributed by atoms with van der Waals surface area (Å²) in [5.74, 6) is -0.660. The Morgan fingerprint density at radius 2 is 1.50 bits per heavy atom. The first kappa shape index (κ1) is 14.2. The Balaban J connectivity index is 2.53. The van der Waals surface area contributed by atoms with E-state index < -0.39 is 0 Å². The van der Waals surface area contributed by atoms with Crippen molar-refractivity contribution in [2.45, 2.75) is 20.3 Å². The maximum absolute atomic E-state index is 10.8. The molecule has 4 nitrogen and oxygen atoms in total. The normalized spacial score (nSPS) is 10.2. The monoisotopic (exact) mass is 250 g/mol. The topological polar surface area (TPSA) is 52.6 Å². The van der Waals surface area contributed by atoms with Crippen molar-refractivity contribution in [3.8, 4) is 0 Å². The van der Waals surface area contributed by atoms with Crippen LogP contribution in [0.1, 0.15) is 19.4 Å². The van der Waals surface area contributed by atoms with Gasteiger partial charge in [0.15, 0.2) is 0 Å². The van der Waals surface area contributed by atoms with Gasteiger partial charge in [-0.15, -0.1) is 0 Å². The van der Waals surface area contributed by atoms with E-state index in [0.717, 1.165) is 5.56 Å². The van der Waals surface area contributed by atoms with E-state index in [1.807, 2.05) is 30.3 Å². The number of hydrogen-bond donors (Lipinski definition) is 0. The molecule has 0 unspecified atom stereocenters. The van der Waals surface area contributed by atoms with Gasteiger partial charge < -0.3 is 9.47 Å². The number of esters is 2. The van der Waals surface area contributed by atoms with Gasteiger partial charge in [0.1, 0.15) is 0 Å². The van der Waals surface area contributed by atoms with E-state index in [4.69, 9.17) is 9.47 Å². The van der Waals surface area contributed by atoms with Gasteiger partial charge in [0.2, 0.25) is 0 Å². The summed E-state index contributed by atoms with van der Waals surface area (Å²) in [6.07, 6.45) is 0.710. The largest absolute Gasteiger partial charge is 0.465 e. The van der Waals surface area contributed by atoms with E-state index in [0.29, 0.717) is 6.42 Å². The maximum atomic E-state index is 10.8. The van der Waals surface area contributed by atoms with Crippen LogP contribution in [0.15, 0.2) is 30.3 Å². The Morgan fingerprint density at radius 3 is 1.94 bits per heavy atom. The van der Waals surface area contributed by atoms with Crippen LogP contribution < -0.4 is 0 Å². The molecule has 0 spiro atoms. The molecule has 18 heavy (non-hydrogen) atoms. The Kier molecular flexibility index (Phi) is 5.91. The fourth-order valence-electron chi connectivity index (χ4n) is 1.58. The molecule has 1 rings (SSSR count). The second-order valence-corrected chi connectivity index (χ2v) is 4.16. The molecule has 1 aromatic rings. The van der Waals surface area contributed by atoms with Gasteiger partial charge in [-0.1, -0.05) is 30.3 Å². The molecule has 0 fully saturated rings. The highest BCUT2D eigenvalue weighted by Crippen LogP contribution is 2.10. The third-order valence-electron chi connectivity index (χ3n) is 2.41. The predicted molar refractivity (Wildman–Crippen MR) is 66.9 cm³/mol. The van der Waals surface area contributed by atoms with Crippen molar-refractivity contribution in [3.05, 3.63) is 35.9 Å². The number of ether oxygens (including phenoxy) is 2. The number of hydrogen-bond acceptors (Lipinski definition) is 4. The minimum atomic E-state index is -0.323. The molecule has 0 heterocycles. The van der Waals surface area contributed by atoms with Crippen LogP contribution in [0.25, 0.3) is 0 Å². The SMILES string of the molecule is CC(=O)OCC(COC(C)=O)Cc1ccccc1. The molecule has 98 valence electrons. The molecule has 0 aliphatic heterocycles. The number of rotatable bonds is 6. The summed E-state index contributed by atoms with van der Waals surface area (Å²) in [5.41, 5.74) is 1.13. The zero-order chi connectivity index (χ0) is 13.4. The molecule has 0 aliphatic carbocycles. The quantitative estimate of drug-likeness (QED) is 0.724.